The summed E-state index contributed by atoms with van der Waals surface area (Å²) in [5.41, 5.74) is 2.47. The van der Waals surface area contributed by atoms with E-state index in [-0.39, 0.29) is 0 Å². The molecule has 0 saturated carbocycles. The standard InChI is InChI=1S/C11H17N9/c1-2-8-3-4-19(5-8)10-15-9(18-12)16-11(17-10)20-7-13-6-14-20/h6-8H,2-5,12H2,1H3,(H,15,16,17,18). The van der Waals surface area contributed by atoms with Crippen molar-refractivity contribution < 1.29 is 0 Å². The van der Waals surface area contributed by atoms with E-state index in [0.717, 1.165) is 19.5 Å². The van der Waals surface area contributed by atoms with Gasteiger partial charge in [-0.25, -0.2) is 10.8 Å². The number of anilines is 2. The maximum atomic E-state index is 5.43. The normalized spacial score (nSPS) is 18.5. The van der Waals surface area contributed by atoms with Crippen LogP contribution in [0.4, 0.5) is 11.9 Å². The van der Waals surface area contributed by atoms with E-state index in [1.807, 2.05) is 0 Å². The van der Waals surface area contributed by atoms with E-state index in [0.29, 0.717) is 23.8 Å². The molecule has 3 heterocycles. The van der Waals surface area contributed by atoms with Crippen LogP contribution in [0, 0.1) is 5.92 Å². The molecular formula is C11H17N9. The highest BCUT2D eigenvalue weighted by Crippen LogP contribution is 2.23. The molecule has 3 N–H and O–H groups in total. The molecule has 0 radical (unpaired) electrons. The number of nitrogens with one attached hydrogen (secondary N) is 1. The molecule has 1 aliphatic heterocycles. The molecule has 1 saturated heterocycles. The lowest BCUT2D eigenvalue weighted by Gasteiger charge is -2.17. The summed E-state index contributed by atoms with van der Waals surface area (Å²) in [6.07, 6.45) is 5.30. The molecule has 0 aromatic carbocycles. The van der Waals surface area contributed by atoms with E-state index in [1.165, 1.54) is 23.8 Å². The molecule has 0 aliphatic carbocycles. The number of nitrogens with zero attached hydrogens (tertiary/aromatic N) is 7. The molecule has 1 atom stereocenters. The van der Waals surface area contributed by atoms with E-state index < -0.39 is 0 Å². The largest absolute Gasteiger partial charge is 0.340 e. The summed E-state index contributed by atoms with van der Waals surface area (Å²) in [6.45, 7) is 4.11. The zero-order chi connectivity index (χ0) is 13.9. The molecule has 20 heavy (non-hydrogen) atoms. The Kier molecular flexibility index (Phi) is 3.42. The number of aromatic nitrogens is 6. The fraction of sp³-hybridized carbons (Fsp3) is 0.545. The molecule has 106 valence electrons. The van der Waals surface area contributed by atoms with Crippen LogP contribution < -0.4 is 16.2 Å². The molecule has 2 aromatic rings. The van der Waals surface area contributed by atoms with Gasteiger partial charge in [-0.15, -0.1) is 0 Å². The van der Waals surface area contributed by atoms with E-state index in [2.05, 4.69) is 42.3 Å². The van der Waals surface area contributed by atoms with Crippen LogP contribution in [0.1, 0.15) is 19.8 Å². The maximum Gasteiger partial charge on any atom is 0.258 e. The number of nitrogens with two attached hydrogens (primary N) is 1. The van der Waals surface area contributed by atoms with Gasteiger partial charge >= 0.3 is 0 Å². The van der Waals surface area contributed by atoms with Gasteiger partial charge in [-0.2, -0.15) is 24.7 Å². The molecule has 0 bridgehead atoms. The van der Waals surface area contributed by atoms with Crippen LogP contribution in [0.15, 0.2) is 12.7 Å². The van der Waals surface area contributed by atoms with Gasteiger partial charge in [0, 0.05) is 13.1 Å². The van der Waals surface area contributed by atoms with Crippen LogP contribution in [0.25, 0.3) is 5.95 Å². The van der Waals surface area contributed by atoms with Gasteiger partial charge in [0.25, 0.3) is 5.95 Å². The molecule has 0 amide bonds. The first-order chi connectivity index (χ1) is 9.80. The lowest BCUT2D eigenvalue weighted by molar-refractivity contribution is 0.568. The Hall–Kier alpha value is -2.29. The van der Waals surface area contributed by atoms with E-state index in [4.69, 9.17) is 5.84 Å². The summed E-state index contributed by atoms with van der Waals surface area (Å²) in [4.78, 5) is 19.0. The zero-order valence-corrected chi connectivity index (χ0v) is 11.3. The molecule has 0 spiro atoms. The highest BCUT2D eigenvalue weighted by atomic mass is 15.4. The highest BCUT2D eigenvalue weighted by molar-refractivity contribution is 5.40. The van der Waals surface area contributed by atoms with Gasteiger partial charge in [0.2, 0.25) is 11.9 Å². The van der Waals surface area contributed by atoms with Crippen molar-refractivity contribution in [3.63, 3.8) is 0 Å². The van der Waals surface area contributed by atoms with Gasteiger partial charge in [0.15, 0.2) is 0 Å². The Balaban J connectivity index is 1.93. The van der Waals surface area contributed by atoms with Gasteiger partial charge in [-0.05, 0) is 12.3 Å². The number of hydrogen-bond donors (Lipinski definition) is 2. The van der Waals surface area contributed by atoms with Crippen molar-refractivity contribution in [2.24, 2.45) is 11.8 Å². The van der Waals surface area contributed by atoms with Gasteiger partial charge in [-0.3, -0.25) is 5.43 Å². The van der Waals surface area contributed by atoms with E-state index in [9.17, 15) is 0 Å². The lowest BCUT2D eigenvalue weighted by atomic mass is 10.1. The van der Waals surface area contributed by atoms with Gasteiger partial charge in [0.05, 0.1) is 0 Å². The summed E-state index contributed by atoms with van der Waals surface area (Å²) in [6, 6.07) is 0. The van der Waals surface area contributed by atoms with Crippen molar-refractivity contribution in [1.29, 1.82) is 0 Å². The predicted octanol–water partition coefficient (Wildman–Crippen LogP) is -0.0258. The molecule has 2 aromatic heterocycles. The van der Waals surface area contributed by atoms with Crippen molar-refractivity contribution in [1.82, 2.24) is 29.7 Å². The SMILES string of the molecule is CCC1CCN(c2nc(NN)nc(-n3cncn3)n2)C1. The zero-order valence-electron chi connectivity index (χ0n) is 11.3. The number of rotatable bonds is 4. The van der Waals surface area contributed by atoms with E-state index in [1.54, 1.807) is 0 Å². The molecule has 1 fully saturated rings. The Labute approximate surface area is 116 Å². The van der Waals surface area contributed by atoms with Crippen molar-refractivity contribution in [3.8, 4) is 5.95 Å². The smallest absolute Gasteiger partial charge is 0.258 e. The fourth-order valence-electron chi connectivity index (χ4n) is 2.32. The van der Waals surface area contributed by atoms with Crippen molar-refractivity contribution in [2.45, 2.75) is 19.8 Å². The minimum Gasteiger partial charge on any atom is -0.340 e. The summed E-state index contributed by atoms with van der Waals surface area (Å²) in [5, 5.41) is 4.03. The van der Waals surface area contributed by atoms with Gasteiger partial charge in [0.1, 0.15) is 12.7 Å². The van der Waals surface area contributed by atoms with Crippen molar-refractivity contribution in [2.75, 3.05) is 23.4 Å². The molecule has 3 rings (SSSR count). The third-order valence-corrected chi connectivity index (χ3v) is 3.51. The Bertz CT molecular complexity index is 567. The van der Waals surface area contributed by atoms with Crippen LogP contribution in [-0.2, 0) is 0 Å². The Morgan fingerprint density at radius 2 is 2.20 bits per heavy atom. The van der Waals surface area contributed by atoms with Crippen molar-refractivity contribution >= 4 is 11.9 Å². The fourth-order valence-corrected chi connectivity index (χ4v) is 2.32. The van der Waals surface area contributed by atoms with Gasteiger partial charge in [-0.1, -0.05) is 13.3 Å². The third kappa shape index (κ3) is 2.39. The molecule has 1 aliphatic rings. The number of nitrogen functional groups attached to an aromatic ring is 1. The first kappa shape index (κ1) is 12.7. The monoisotopic (exact) mass is 275 g/mol. The molecule has 1 unspecified atom stereocenters. The van der Waals surface area contributed by atoms with Gasteiger partial charge < -0.3 is 4.90 Å². The van der Waals surface area contributed by atoms with Crippen LogP contribution in [0.3, 0.4) is 0 Å². The minimum atomic E-state index is 0.320. The quantitative estimate of drug-likeness (QED) is 0.591. The highest BCUT2D eigenvalue weighted by Gasteiger charge is 2.24. The Morgan fingerprint density at radius 3 is 2.85 bits per heavy atom. The third-order valence-electron chi connectivity index (χ3n) is 3.51. The second-order valence-corrected chi connectivity index (χ2v) is 4.75. The van der Waals surface area contributed by atoms with Crippen LogP contribution in [-0.4, -0.2) is 42.8 Å². The van der Waals surface area contributed by atoms with Crippen LogP contribution >= 0.6 is 0 Å². The van der Waals surface area contributed by atoms with Crippen LogP contribution in [0.2, 0.25) is 0 Å². The molecule has 9 heteroatoms. The maximum absolute atomic E-state index is 5.43. The number of hydrazine groups is 1. The summed E-state index contributed by atoms with van der Waals surface area (Å²) in [7, 11) is 0. The van der Waals surface area contributed by atoms with E-state index >= 15 is 0 Å². The van der Waals surface area contributed by atoms with Crippen molar-refractivity contribution in [3.05, 3.63) is 12.7 Å². The second kappa shape index (κ2) is 5.37. The van der Waals surface area contributed by atoms with Crippen LogP contribution in [0.5, 0.6) is 0 Å². The average molecular weight is 275 g/mol. The topological polar surface area (TPSA) is 111 Å². The number of hydrogen-bond acceptors (Lipinski definition) is 8. The molecular weight excluding hydrogens is 258 g/mol. The Morgan fingerprint density at radius 1 is 1.35 bits per heavy atom. The first-order valence-electron chi connectivity index (χ1n) is 6.62. The first-order valence-corrected chi connectivity index (χ1v) is 6.62. The lowest BCUT2D eigenvalue weighted by Crippen LogP contribution is -2.24. The summed E-state index contributed by atoms with van der Waals surface area (Å²) < 4.78 is 1.49. The predicted molar refractivity (Wildman–Crippen MR) is 73.2 cm³/mol. The summed E-state index contributed by atoms with van der Waals surface area (Å²) in [5.74, 6) is 7.46. The average Bonchev–Trinajstić information content (AvgIpc) is 3.17. The molecule has 9 nitrogen and oxygen atoms in total. The second-order valence-electron chi connectivity index (χ2n) is 4.75. The summed E-state index contributed by atoms with van der Waals surface area (Å²) >= 11 is 0. The minimum absolute atomic E-state index is 0.320.